The highest BCUT2D eigenvalue weighted by molar-refractivity contribution is 7.92. The number of anilines is 1. The number of benzene rings is 3. The molecule has 36 heavy (non-hydrogen) atoms. The zero-order valence-corrected chi connectivity index (χ0v) is 22.4. The van der Waals surface area contributed by atoms with Gasteiger partial charge in [0.15, 0.2) is 0 Å². The van der Waals surface area contributed by atoms with Crippen LogP contribution in [0.25, 0.3) is 0 Å². The van der Waals surface area contributed by atoms with Gasteiger partial charge in [0.25, 0.3) is 10.0 Å². The quantitative estimate of drug-likeness (QED) is 0.422. The van der Waals surface area contributed by atoms with Gasteiger partial charge in [-0.25, -0.2) is 8.42 Å². The number of sulfonamides is 1. The predicted molar refractivity (Wildman–Crippen MR) is 143 cm³/mol. The number of hydrogen-bond donors (Lipinski definition) is 1. The molecule has 0 radical (unpaired) electrons. The van der Waals surface area contributed by atoms with E-state index in [1.54, 1.807) is 61.5 Å². The van der Waals surface area contributed by atoms with Crippen molar-refractivity contribution in [3.8, 4) is 0 Å². The van der Waals surface area contributed by atoms with Gasteiger partial charge in [-0.1, -0.05) is 59.1 Å². The molecule has 1 atom stereocenters. The molecule has 2 amide bonds. The van der Waals surface area contributed by atoms with Crippen LogP contribution in [-0.4, -0.2) is 44.8 Å². The van der Waals surface area contributed by atoms with E-state index < -0.39 is 28.5 Å². The molecule has 0 aromatic heterocycles. The van der Waals surface area contributed by atoms with E-state index in [0.717, 1.165) is 15.4 Å². The van der Waals surface area contributed by atoms with Gasteiger partial charge >= 0.3 is 0 Å². The summed E-state index contributed by atoms with van der Waals surface area (Å²) in [6.45, 7) is 2.98. The molecule has 0 saturated heterocycles. The second-order valence-corrected chi connectivity index (χ2v) is 11.0. The third kappa shape index (κ3) is 6.57. The van der Waals surface area contributed by atoms with Crippen molar-refractivity contribution in [2.45, 2.75) is 31.3 Å². The Morgan fingerprint density at radius 1 is 0.944 bits per heavy atom. The lowest BCUT2D eigenvalue weighted by Crippen LogP contribution is -2.50. The fraction of sp³-hybridized carbons (Fsp3) is 0.231. The smallest absolute Gasteiger partial charge is 0.264 e. The summed E-state index contributed by atoms with van der Waals surface area (Å²) >= 11 is 12.1. The van der Waals surface area contributed by atoms with Gasteiger partial charge in [-0.3, -0.25) is 13.9 Å². The van der Waals surface area contributed by atoms with Crippen LogP contribution in [0.1, 0.15) is 18.1 Å². The maximum atomic E-state index is 13.7. The number of aryl methyl sites for hydroxylation is 1. The molecule has 0 saturated carbocycles. The molecule has 3 aromatic carbocycles. The topological polar surface area (TPSA) is 86.8 Å². The molecule has 0 heterocycles. The summed E-state index contributed by atoms with van der Waals surface area (Å²) in [5.74, 6) is -0.940. The molecular formula is C26H27Cl2N3O4S. The number of likely N-dealkylation sites (N-methyl/N-ethyl adjacent to an activating group) is 1. The summed E-state index contributed by atoms with van der Waals surface area (Å²) in [5.41, 5.74) is 1.86. The molecule has 0 aliphatic heterocycles. The van der Waals surface area contributed by atoms with Gasteiger partial charge in [-0.05, 0) is 61.9 Å². The van der Waals surface area contributed by atoms with E-state index in [0.29, 0.717) is 10.0 Å². The summed E-state index contributed by atoms with van der Waals surface area (Å²) in [5, 5.41) is 3.40. The molecule has 0 fully saturated rings. The molecule has 0 bridgehead atoms. The van der Waals surface area contributed by atoms with E-state index in [2.05, 4.69) is 5.32 Å². The van der Waals surface area contributed by atoms with Gasteiger partial charge in [0, 0.05) is 23.6 Å². The van der Waals surface area contributed by atoms with E-state index in [-0.39, 0.29) is 23.0 Å². The molecule has 190 valence electrons. The minimum absolute atomic E-state index is 0.0319. The van der Waals surface area contributed by atoms with Crippen LogP contribution in [0, 0.1) is 6.92 Å². The Kier molecular flexibility index (Phi) is 9.00. The Hall–Kier alpha value is -3.07. The molecular weight excluding hydrogens is 521 g/mol. The minimum atomic E-state index is -4.14. The Balaban J connectivity index is 2.02. The SMILES string of the molecule is CNC(=O)C(C)N(Cc1ccc(Cl)cc1)C(=O)CN(c1cccc(Cl)c1)S(=O)(=O)c1ccc(C)cc1. The molecule has 0 aliphatic rings. The van der Waals surface area contributed by atoms with Crippen LogP contribution in [0.15, 0.2) is 77.7 Å². The summed E-state index contributed by atoms with van der Waals surface area (Å²) in [7, 11) is -2.66. The van der Waals surface area contributed by atoms with Crippen LogP contribution in [0.2, 0.25) is 10.0 Å². The molecule has 3 rings (SSSR count). The van der Waals surface area contributed by atoms with Crippen molar-refractivity contribution in [3.63, 3.8) is 0 Å². The number of nitrogens with zero attached hydrogens (tertiary/aromatic N) is 2. The summed E-state index contributed by atoms with van der Waals surface area (Å²) in [6.07, 6.45) is 0. The number of hydrogen-bond acceptors (Lipinski definition) is 4. The Morgan fingerprint density at radius 3 is 2.17 bits per heavy atom. The van der Waals surface area contributed by atoms with Gasteiger partial charge in [0.2, 0.25) is 11.8 Å². The Labute approximate surface area is 221 Å². The monoisotopic (exact) mass is 547 g/mol. The fourth-order valence-electron chi connectivity index (χ4n) is 3.58. The van der Waals surface area contributed by atoms with Crippen LogP contribution in [0.4, 0.5) is 5.69 Å². The lowest BCUT2D eigenvalue weighted by molar-refractivity contribution is -0.139. The zero-order chi connectivity index (χ0) is 26.5. The average molecular weight is 548 g/mol. The normalized spacial score (nSPS) is 12.0. The molecule has 0 spiro atoms. The summed E-state index contributed by atoms with van der Waals surface area (Å²) in [6, 6.07) is 18.6. The summed E-state index contributed by atoms with van der Waals surface area (Å²) in [4.78, 5) is 27.5. The van der Waals surface area contributed by atoms with Crippen molar-refractivity contribution in [2.75, 3.05) is 17.9 Å². The highest BCUT2D eigenvalue weighted by Crippen LogP contribution is 2.27. The van der Waals surface area contributed by atoms with Crippen molar-refractivity contribution in [2.24, 2.45) is 0 Å². The van der Waals surface area contributed by atoms with Crippen LogP contribution in [0.3, 0.4) is 0 Å². The first kappa shape index (κ1) is 27.5. The highest BCUT2D eigenvalue weighted by Gasteiger charge is 2.32. The number of nitrogens with one attached hydrogen (secondary N) is 1. The second kappa shape index (κ2) is 11.8. The number of amides is 2. The first-order chi connectivity index (χ1) is 17.0. The van der Waals surface area contributed by atoms with Gasteiger partial charge in [0.1, 0.15) is 12.6 Å². The second-order valence-electron chi connectivity index (χ2n) is 8.24. The molecule has 0 aliphatic carbocycles. The first-order valence-corrected chi connectivity index (χ1v) is 13.3. The largest absolute Gasteiger partial charge is 0.357 e. The van der Waals surface area contributed by atoms with Crippen molar-refractivity contribution in [3.05, 3.63) is 94.0 Å². The van der Waals surface area contributed by atoms with Gasteiger partial charge in [0.05, 0.1) is 10.6 Å². The Bertz CT molecular complexity index is 1330. The van der Waals surface area contributed by atoms with Crippen LogP contribution in [-0.2, 0) is 26.2 Å². The summed E-state index contributed by atoms with van der Waals surface area (Å²) < 4.78 is 28.4. The standard InChI is InChI=1S/C26H27Cl2N3O4S/c1-18-7-13-24(14-8-18)36(34,35)31(23-6-4-5-22(28)15-23)17-25(32)30(19(2)26(33)29-3)16-20-9-11-21(27)12-10-20/h4-15,19H,16-17H2,1-3H3,(H,29,33). The number of carbonyl (C=O) groups is 2. The van der Waals surface area contributed by atoms with Crippen molar-refractivity contribution in [1.82, 2.24) is 10.2 Å². The lowest BCUT2D eigenvalue weighted by Gasteiger charge is -2.31. The Morgan fingerprint density at radius 2 is 1.58 bits per heavy atom. The van der Waals surface area contributed by atoms with E-state index >= 15 is 0 Å². The van der Waals surface area contributed by atoms with Crippen LogP contribution in [0.5, 0.6) is 0 Å². The molecule has 7 nitrogen and oxygen atoms in total. The molecule has 10 heteroatoms. The molecule has 3 aromatic rings. The highest BCUT2D eigenvalue weighted by atomic mass is 35.5. The molecule has 1 unspecified atom stereocenters. The maximum absolute atomic E-state index is 13.7. The maximum Gasteiger partial charge on any atom is 0.264 e. The third-order valence-electron chi connectivity index (χ3n) is 5.66. The van der Waals surface area contributed by atoms with Gasteiger partial charge in [-0.2, -0.15) is 0 Å². The number of rotatable bonds is 9. The van der Waals surface area contributed by atoms with E-state index in [1.165, 1.54) is 30.1 Å². The fourth-order valence-corrected chi connectivity index (χ4v) is 5.29. The number of carbonyl (C=O) groups excluding carboxylic acids is 2. The lowest BCUT2D eigenvalue weighted by atomic mass is 10.1. The van der Waals surface area contributed by atoms with Crippen molar-refractivity contribution >= 4 is 50.7 Å². The first-order valence-electron chi connectivity index (χ1n) is 11.1. The van der Waals surface area contributed by atoms with Crippen LogP contribution < -0.4 is 9.62 Å². The average Bonchev–Trinajstić information content (AvgIpc) is 2.86. The zero-order valence-electron chi connectivity index (χ0n) is 20.1. The number of halogens is 2. The van der Waals surface area contributed by atoms with Crippen LogP contribution >= 0.6 is 23.2 Å². The third-order valence-corrected chi connectivity index (χ3v) is 7.94. The predicted octanol–water partition coefficient (Wildman–Crippen LogP) is 4.66. The van der Waals surface area contributed by atoms with E-state index in [9.17, 15) is 18.0 Å². The van der Waals surface area contributed by atoms with Gasteiger partial charge in [-0.15, -0.1) is 0 Å². The molecule has 1 N–H and O–H groups in total. The van der Waals surface area contributed by atoms with Crippen molar-refractivity contribution < 1.29 is 18.0 Å². The van der Waals surface area contributed by atoms with Gasteiger partial charge < -0.3 is 10.2 Å². The van der Waals surface area contributed by atoms with E-state index in [1.807, 2.05) is 6.92 Å². The van der Waals surface area contributed by atoms with Crippen molar-refractivity contribution in [1.29, 1.82) is 0 Å². The van der Waals surface area contributed by atoms with E-state index in [4.69, 9.17) is 23.2 Å². The minimum Gasteiger partial charge on any atom is -0.357 e.